The van der Waals surface area contributed by atoms with Gasteiger partial charge in [0, 0.05) is 17.7 Å². The second-order valence-electron chi connectivity index (χ2n) is 6.21. The molecule has 2 heterocycles. The van der Waals surface area contributed by atoms with E-state index in [0.717, 1.165) is 17.0 Å². The predicted molar refractivity (Wildman–Crippen MR) is 106 cm³/mol. The molecule has 0 unspecified atom stereocenters. The summed E-state index contributed by atoms with van der Waals surface area (Å²) in [6.45, 7) is 1.88. The Hall–Kier alpha value is -3.13. The van der Waals surface area contributed by atoms with Crippen LogP contribution in [0.2, 0.25) is 0 Å². The van der Waals surface area contributed by atoms with Gasteiger partial charge in [0.15, 0.2) is 5.82 Å². The first-order valence-corrected chi connectivity index (χ1v) is 9.67. The molecule has 28 heavy (non-hydrogen) atoms. The van der Waals surface area contributed by atoms with E-state index in [2.05, 4.69) is 15.2 Å². The lowest BCUT2D eigenvalue weighted by molar-refractivity contribution is 0.540. The van der Waals surface area contributed by atoms with Crippen molar-refractivity contribution in [3.8, 4) is 11.5 Å². The number of oxazole rings is 1. The number of aromatic nitrogens is 4. The minimum absolute atomic E-state index is 0.276. The van der Waals surface area contributed by atoms with Gasteiger partial charge in [-0.3, -0.25) is 0 Å². The van der Waals surface area contributed by atoms with Gasteiger partial charge in [-0.25, -0.2) is 14.1 Å². The highest BCUT2D eigenvalue weighted by molar-refractivity contribution is 7.98. The molecule has 0 atom stereocenters. The van der Waals surface area contributed by atoms with Gasteiger partial charge in [0.1, 0.15) is 11.6 Å². The molecule has 142 valence electrons. The lowest BCUT2D eigenvalue weighted by Crippen LogP contribution is -2.14. The first kappa shape index (κ1) is 18.2. The summed E-state index contributed by atoms with van der Waals surface area (Å²) < 4.78 is 21.0. The zero-order valence-corrected chi connectivity index (χ0v) is 16.0. The average molecular weight is 395 g/mol. The summed E-state index contributed by atoms with van der Waals surface area (Å²) in [5.74, 6) is 8.19. The smallest absolute Gasteiger partial charge is 0.226 e. The Kier molecular flexibility index (Phi) is 5.12. The molecule has 8 heteroatoms. The van der Waals surface area contributed by atoms with Crippen LogP contribution >= 0.6 is 11.8 Å². The van der Waals surface area contributed by atoms with Gasteiger partial charge in [-0.15, -0.1) is 10.2 Å². The van der Waals surface area contributed by atoms with E-state index in [4.69, 9.17) is 10.3 Å². The molecule has 0 amide bonds. The molecule has 0 spiro atoms. The Morgan fingerprint density at radius 1 is 1.07 bits per heavy atom. The van der Waals surface area contributed by atoms with E-state index in [1.165, 1.54) is 22.5 Å². The van der Waals surface area contributed by atoms with Gasteiger partial charge >= 0.3 is 0 Å². The number of rotatable bonds is 6. The standard InChI is InChI=1S/C20H18FN5OS/c1-13-17(23-19(27-13)14-7-3-2-4-8-14)12-28-20-25-24-18(26(20)22)11-15-9-5-6-10-16(15)21/h2-10H,11-12,22H2,1H3. The molecule has 0 aliphatic rings. The zero-order valence-electron chi connectivity index (χ0n) is 15.2. The lowest BCUT2D eigenvalue weighted by Gasteiger charge is -2.04. The molecule has 0 saturated heterocycles. The summed E-state index contributed by atoms with van der Waals surface area (Å²) in [4.78, 5) is 4.58. The molecule has 0 radical (unpaired) electrons. The van der Waals surface area contributed by atoms with Crippen molar-refractivity contribution in [3.63, 3.8) is 0 Å². The zero-order chi connectivity index (χ0) is 19.5. The highest BCUT2D eigenvalue weighted by Gasteiger charge is 2.16. The van der Waals surface area contributed by atoms with Crippen LogP contribution in [0.4, 0.5) is 4.39 Å². The first-order chi connectivity index (χ1) is 13.6. The van der Waals surface area contributed by atoms with Crippen molar-refractivity contribution in [1.29, 1.82) is 0 Å². The third-order valence-electron chi connectivity index (χ3n) is 4.29. The largest absolute Gasteiger partial charge is 0.441 e. The SMILES string of the molecule is Cc1oc(-c2ccccc2)nc1CSc1nnc(Cc2ccccc2F)n1N. The van der Waals surface area contributed by atoms with Crippen molar-refractivity contribution in [2.45, 2.75) is 24.3 Å². The van der Waals surface area contributed by atoms with Gasteiger partial charge in [0.25, 0.3) is 0 Å². The highest BCUT2D eigenvalue weighted by Crippen LogP contribution is 2.26. The van der Waals surface area contributed by atoms with Crippen molar-refractivity contribution >= 4 is 11.8 Å². The minimum Gasteiger partial charge on any atom is -0.441 e. The molecule has 0 aliphatic carbocycles. The van der Waals surface area contributed by atoms with Gasteiger partial charge in [-0.05, 0) is 30.7 Å². The second-order valence-corrected chi connectivity index (χ2v) is 7.16. The number of benzene rings is 2. The van der Waals surface area contributed by atoms with Crippen LogP contribution in [-0.4, -0.2) is 19.9 Å². The molecule has 2 aromatic heterocycles. The van der Waals surface area contributed by atoms with Crippen LogP contribution in [0, 0.1) is 12.7 Å². The molecular weight excluding hydrogens is 377 g/mol. The number of hydrogen-bond donors (Lipinski definition) is 1. The number of nitrogen functional groups attached to an aromatic ring is 1. The fourth-order valence-corrected chi connectivity index (χ4v) is 3.61. The first-order valence-electron chi connectivity index (χ1n) is 8.69. The van der Waals surface area contributed by atoms with E-state index in [9.17, 15) is 4.39 Å². The summed E-state index contributed by atoms with van der Waals surface area (Å²) >= 11 is 1.41. The van der Waals surface area contributed by atoms with Crippen molar-refractivity contribution in [2.24, 2.45) is 0 Å². The second kappa shape index (κ2) is 7.85. The van der Waals surface area contributed by atoms with Crippen molar-refractivity contribution in [3.05, 3.63) is 83.3 Å². The lowest BCUT2D eigenvalue weighted by atomic mass is 10.1. The third-order valence-corrected chi connectivity index (χ3v) is 5.25. The third kappa shape index (κ3) is 3.77. The van der Waals surface area contributed by atoms with Crippen molar-refractivity contribution in [1.82, 2.24) is 19.9 Å². The Labute approximate surface area is 165 Å². The Balaban J connectivity index is 1.47. The van der Waals surface area contributed by atoms with Crippen LogP contribution in [-0.2, 0) is 12.2 Å². The van der Waals surface area contributed by atoms with E-state index in [-0.39, 0.29) is 12.2 Å². The number of nitrogens with two attached hydrogens (primary N) is 1. The average Bonchev–Trinajstić information content (AvgIpc) is 3.25. The molecule has 2 N–H and O–H groups in total. The molecular formula is C20H18FN5OS. The molecule has 6 nitrogen and oxygen atoms in total. The molecule has 4 rings (SSSR count). The fraction of sp³-hybridized carbons (Fsp3) is 0.150. The van der Waals surface area contributed by atoms with Crippen molar-refractivity contribution in [2.75, 3.05) is 5.84 Å². The molecule has 0 saturated carbocycles. The number of hydrogen-bond acceptors (Lipinski definition) is 6. The van der Waals surface area contributed by atoms with Gasteiger partial charge in [0.05, 0.1) is 5.69 Å². The summed E-state index contributed by atoms with van der Waals surface area (Å²) in [7, 11) is 0. The Morgan fingerprint density at radius 3 is 2.61 bits per heavy atom. The maximum Gasteiger partial charge on any atom is 0.226 e. The van der Waals surface area contributed by atoms with Crippen LogP contribution in [0.3, 0.4) is 0 Å². The van der Waals surface area contributed by atoms with Gasteiger partial charge in [-0.1, -0.05) is 48.2 Å². The predicted octanol–water partition coefficient (Wildman–Crippen LogP) is 3.98. The summed E-state index contributed by atoms with van der Waals surface area (Å²) in [5, 5.41) is 8.75. The number of nitrogens with zero attached hydrogens (tertiary/aromatic N) is 4. The van der Waals surface area contributed by atoms with E-state index < -0.39 is 0 Å². The van der Waals surface area contributed by atoms with Crippen LogP contribution in [0.5, 0.6) is 0 Å². The van der Waals surface area contributed by atoms with E-state index >= 15 is 0 Å². The van der Waals surface area contributed by atoms with E-state index in [1.807, 2.05) is 37.3 Å². The molecule has 0 fully saturated rings. The summed E-state index contributed by atoms with van der Waals surface area (Å²) in [6.07, 6.45) is 0.276. The maximum atomic E-state index is 13.8. The fourth-order valence-electron chi connectivity index (χ4n) is 2.74. The van der Waals surface area contributed by atoms with E-state index in [0.29, 0.717) is 28.2 Å². The van der Waals surface area contributed by atoms with Crippen LogP contribution in [0.15, 0.2) is 64.2 Å². The molecule has 2 aromatic carbocycles. The molecule has 0 aliphatic heterocycles. The van der Waals surface area contributed by atoms with Crippen LogP contribution in [0.1, 0.15) is 22.8 Å². The summed E-state index contributed by atoms with van der Waals surface area (Å²) in [6, 6.07) is 16.3. The molecule has 0 bridgehead atoms. The topological polar surface area (TPSA) is 82.8 Å². The van der Waals surface area contributed by atoms with Crippen molar-refractivity contribution < 1.29 is 8.81 Å². The number of aryl methyl sites for hydroxylation is 1. The maximum absolute atomic E-state index is 13.8. The quantitative estimate of drug-likeness (QED) is 0.393. The number of halogens is 1. The van der Waals surface area contributed by atoms with E-state index in [1.54, 1.807) is 18.2 Å². The van der Waals surface area contributed by atoms with Crippen LogP contribution in [0.25, 0.3) is 11.5 Å². The Bertz CT molecular complexity index is 1090. The van der Waals surface area contributed by atoms with Crippen LogP contribution < -0.4 is 5.84 Å². The monoisotopic (exact) mass is 395 g/mol. The molecule has 4 aromatic rings. The van der Waals surface area contributed by atoms with Gasteiger partial charge in [-0.2, -0.15) is 0 Å². The highest BCUT2D eigenvalue weighted by atomic mass is 32.2. The normalized spacial score (nSPS) is 11.1. The summed E-state index contributed by atoms with van der Waals surface area (Å²) in [5.41, 5.74) is 2.27. The van der Waals surface area contributed by atoms with Gasteiger partial charge < -0.3 is 10.3 Å². The van der Waals surface area contributed by atoms with Gasteiger partial charge in [0.2, 0.25) is 11.0 Å². The minimum atomic E-state index is -0.286. The number of thioether (sulfide) groups is 1. The Morgan fingerprint density at radius 2 is 1.82 bits per heavy atom.